The molecule has 2 aromatic carbocycles. The smallest absolute Gasteiger partial charge is 0.270 e. The molecule has 1 amide bonds. The Morgan fingerprint density at radius 1 is 1.31 bits per heavy atom. The molecule has 0 heterocycles. The van der Waals surface area contributed by atoms with Gasteiger partial charge in [0.2, 0.25) is 0 Å². The molecule has 7 nitrogen and oxygen atoms in total. The number of nitrogens with zero attached hydrogens (tertiary/aromatic N) is 1. The Hall–Kier alpha value is -2.64. The number of methoxy groups -OCH3 is 1. The number of benzene rings is 2. The molecule has 0 aliphatic heterocycles. The SMILES string of the molecule is COc1ccccc1[C@@H](CNC(=O)c1ccc([N+](=O)[O-])cc1Cl)[NH+](C)C. The fourth-order valence-corrected chi connectivity index (χ4v) is 2.93. The molecule has 0 saturated carbocycles. The van der Waals surface area contributed by atoms with Crippen molar-refractivity contribution in [3.8, 4) is 5.75 Å². The van der Waals surface area contributed by atoms with Crippen LogP contribution in [0.5, 0.6) is 5.75 Å². The van der Waals surface area contributed by atoms with Gasteiger partial charge in [0.05, 0.1) is 48.8 Å². The minimum absolute atomic E-state index is 0.0353. The minimum Gasteiger partial charge on any atom is -0.496 e. The van der Waals surface area contributed by atoms with Gasteiger partial charge in [-0.15, -0.1) is 0 Å². The lowest BCUT2D eigenvalue weighted by Gasteiger charge is -2.24. The lowest BCUT2D eigenvalue weighted by molar-refractivity contribution is -0.890. The number of rotatable bonds is 7. The van der Waals surface area contributed by atoms with Crippen LogP contribution in [0, 0.1) is 10.1 Å². The van der Waals surface area contributed by atoms with Crippen molar-refractivity contribution in [2.45, 2.75) is 6.04 Å². The normalized spacial score (nSPS) is 11.9. The first kappa shape index (κ1) is 19.7. The summed E-state index contributed by atoms with van der Waals surface area (Å²) >= 11 is 6.02. The number of para-hydroxylation sites is 1. The lowest BCUT2D eigenvalue weighted by Crippen LogP contribution is -3.07. The van der Waals surface area contributed by atoms with Gasteiger partial charge in [-0.05, 0) is 18.2 Å². The monoisotopic (exact) mass is 378 g/mol. The summed E-state index contributed by atoms with van der Waals surface area (Å²) in [4.78, 5) is 23.8. The van der Waals surface area contributed by atoms with Crippen LogP contribution in [0.2, 0.25) is 5.02 Å². The van der Waals surface area contributed by atoms with Crippen molar-refractivity contribution in [2.24, 2.45) is 0 Å². The van der Waals surface area contributed by atoms with Crippen LogP contribution < -0.4 is 15.0 Å². The number of hydrogen-bond donors (Lipinski definition) is 2. The minimum atomic E-state index is -0.555. The number of halogens is 1. The molecule has 2 N–H and O–H groups in total. The summed E-state index contributed by atoms with van der Waals surface area (Å²) in [6, 6.07) is 11.4. The number of non-ortho nitro benzene ring substituents is 1. The third-order valence-corrected chi connectivity index (χ3v) is 4.40. The molecule has 0 aliphatic rings. The molecule has 8 heteroatoms. The van der Waals surface area contributed by atoms with Gasteiger partial charge in [-0.25, -0.2) is 0 Å². The van der Waals surface area contributed by atoms with Crippen LogP contribution >= 0.6 is 11.6 Å². The topological polar surface area (TPSA) is 85.9 Å². The van der Waals surface area contributed by atoms with Crippen molar-refractivity contribution in [3.05, 3.63) is 68.7 Å². The molecule has 0 unspecified atom stereocenters. The lowest BCUT2D eigenvalue weighted by atomic mass is 10.0. The molecule has 0 aliphatic carbocycles. The average Bonchev–Trinajstić information content (AvgIpc) is 2.61. The third-order valence-electron chi connectivity index (χ3n) is 4.09. The van der Waals surface area contributed by atoms with Crippen LogP contribution in [0.3, 0.4) is 0 Å². The molecule has 138 valence electrons. The number of quaternary nitrogens is 1. The fourth-order valence-electron chi connectivity index (χ4n) is 2.67. The van der Waals surface area contributed by atoms with Crippen molar-refractivity contribution in [1.82, 2.24) is 5.32 Å². The highest BCUT2D eigenvalue weighted by Crippen LogP contribution is 2.24. The fraction of sp³-hybridized carbons (Fsp3) is 0.278. The van der Waals surface area contributed by atoms with E-state index in [1.807, 2.05) is 38.4 Å². The van der Waals surface area contributed by atoms with Crippen LogP contribution in [-0.2, 0) is 0 Å². The number of hydrogen-bond acceptors (Lipinski definition) is 4. The van der Waals surface area contributed by atoms with E-state index >= 15 is 0 Å². The second-order valence-corrected chi connectivity index (χ2v) is 6.41. The number of nitro groups is 1. The van der Waals surface area contributed by atoms with Gasteiger partial charge in [-0.1, -0.05) is 23.7 Å². The van der Waals surface area contributed by atoms with Crippen molar-refractivity contribution < 1.29 is 19.4 Å². The second kappa shape index (κ2) is 8.64. The maximum atomic E-state index is 12.5. The zero-order chi connectivity index (χ0) is 19.3. The largest absolute Gasteiger partial charge is 0.496 e. The van der Waals surface area contributed by atoms with E-state index < -0.39 is 4.92 Å². The van der Waals surface area contributed by atoms with Gasteiger partial charge < -0.3 is 15.0 Å². The van der Waals surface area contributed by atoms with Crippen LogP contribution in [0.15, 0.2) is 42.5 Å². The number of amides is 1. The Kier molecular flexibility index (Phi) is 6.54. The maximum absolute atomic E-state index is 12.5. The van der Waals surface area contributed by atoms with Crippen LogP contribution in [0.4, 0.5) is 5.69 Å². The molecular formula is C18H21ClN3O4+. The van der Waals surface area contributed by atoms with E-state index in [1.165, 1.54) is 18.2 Å². The molecule has 0 spiro atoms. The van der Waals surface area contributed by atoms with Crippen molar-refractivity contribution in [1.29, 1.82) is 0 Å². The van der Waals surface area contributed by atoms with E-state index in [9.17, 15) is 14.9 Å². The molecule has 1 atom stereocenters. The number of ether oxygens (including phenoxy) is 1. The first-order chi connectivity index (χ1) is 12.3. The summed E-state index contributed by atoms with van der Waals surface area (Å²) in [6.45, 7) is 0.356. The Labute approximate surface area is 156 Å². The van der Waals surface area contributed by atoms with Crippen molar-refractivity contribution >= 4 is 23.2 Å². The first-order valence-electron chi connectivity index (χ1n) is 8.00. The van der Waals surface area contributed by atoms with E-state index in [2.05, 4.69) is 5.32 Å². The highest BCUT2D eigenvalue weighted by atomic mass is 35.5. The van der Waals surface area contributed by atoms with Crippen molar-refractivity contribution in [3.63, 3.8) is 0 Å². The molecule has 0 fully saturated rings. The highest BCUT2D eigenvalue weighted by molar-refractivity contribution is 6.34. The highest BCUT2D eigenvalue weighted by Gasteiger charge is 2.23. The number of nitro benzene ring substituents is 1. The van der Waals surface area contributed by atoms with Gasteiger partial charge in [0.15, 0.2) is 0 Å². The average molecular weight is 379 g/mol. The molecule has 26 heavy (non-hydrogen) atoms. The number of carbonyl (C=O) groups excluding carboxylic acids is 1. The van der Waals surface area contributed by atoms with Gasteiger partial charge in [-0.3, -0.25) is 14.9 Å². The second-order valence-electron chi connectivity index (χ2n) is 6.00. The molecule has 0 radical (unpaired) electrons. The summed E-state index contributed by atoms with van der Waals surface area (Å²) < 4.78 is 5.41. The quantitative estimate of drug-likeness (QED) is 0.569. The van der Waals surface area contributed by atoms with Gasteiger partial charge in [-0.2, -0.15) is 0 Å². The molecule has 0 aromatic heterocycles. The van der Waals surface area contributed by atoms with Gasteiger partial charge in [0, 0.05) is 12.1 Å². The van der Waals surface area contributed by atoms with Gasteiger partial charge >= 0.3 is 0 Å². The van der Waals surface area contributed by atoms with Crippen molar-refractivity contribution in [2.75, 3.05) is 27.7 Å². The Morgan fingerprint density at radius 3 is 2.58 bits per heavy atom. The number of nitrogens with one attached hydrogen (secondary N) is 2. The summed E-state index contributed by atoms with van der Waals surface area (Å²) in [5, 5.41) is 13.7. The molecular weight excluding hydrogens is 358 g/mol. The van der Waals surface area contributed by atoms with E-state index in [1.54, 1.807) is 7.11 Å². The van der Waals surface area contributed by atoms with Crippen LogP contribution in [0.1, 0.15) is 22.0 Å². The Balaban J connectivity index is 2.17. The van der Waals surface area contributed by atoms with Gasteiger partial charge in [0.1, 0.15) is 11.8 Å². The Bertz CT molecular complexity index is 811. The summed E-state index contributed by atoms with van der Waals surface area (Å²) in [5.41, 5.74) is 1.02. The van der Waals surface area contributed by atoms with E-state index in [0.29, 0.717) is 6.54 Å². The van der Waals surface area contributed by atoms with E-state index in [-0.39, 0.29) is 28.2 Å². The summed E-state index contributed by atoms with van der Waals surface area (Å²) in [6.07, 6.45) is 0. The van der Waals surface area contributed by atoms with E-state index in [4.69, 9.17) is 16.3 Å². The van der Waals surface area contributed by atoms with Crippen LogP contribution in [-0.4, -0.2) is 38.6 Å². The zero-order valence-corrected chi connectivity index (χ0v) is 15.5. The first-order valence-corrected chi connectivity index (χ1v) is 8.38. The van der Waals surface area contributed by atoms with Crippen LogP contribution in [0.25, 0.3) is 0 Å². The predicted octanol–water partition coefficient (Wildman–Crippen LogP) is 1.87. The third kappa shape index (κ3) is 4.50. The predicted molar refractivity (Wildman–Crippen MR) is 99.0 cm³/mol. The maximum Gasteiger partial charge on any atom is 0.270 e. The molecule has 0 saturated heterocycles. The standard InChI is InChI=1S/C18H20ClN3O4/c1-21(2)16(14-6-4-5-7-17(14)26-3)11-20-18(23)13-9-8-12(22(24)25)10-15(13)19/h4-10,16H,11H2,1-3H3,(H,20,23)/p+1/t16-/m1/s1. The summed E-state index contributed by atoms with van der Waals surface area (Å²) in [5.74, 6) is 0.368. The molecule has 2 aromatic rings. The zero-order valence-electron chi connectivity index (χ0n) is 14.8. The van der Waals surface area contributed by atoms with E-state index in [0.717, 1.165) is 16.2 Å². The molecule has 0 bridgehead atoms. The number of carbonyl (C=O) groups is 1. The number of likely N-dealkylation sites (N-methyl/N-ethyl adjacent to an activating group) is 1. The summed E-state index contributed by atoms with van der Waals surface area (Å²) in [7, 11) is 5.58. The molecule has 2 rings (SSSR count). The Morgan fingerprint density at radius 2 is 2.00 bits per heavy atom. The van der Waals surface area contributed by atoms with Gasteiger partial charge in [0.25, 0.3) is 11.6 Å².